The molecule has 3 atom stereocenters. The summed E-state index contributed by atoms with van der Waals surface area (Å²) in [5, 5.41) is 7.76. The fourth-order valence-electron chi connectivity index (χ4n) is 13.3. The van der Waals surface area contributed by atoms with E-state index in [2.05, 4.69) is 254 Å². The highest BCUT2D eigenvalue weighted by atomic mass is 15.2. The lowest BCUT2D eigenvalue weighted by molar-refractivity contribution is 0.386. The molecular formula is C68H46N2. The van der Waals surface area contributed by atoms with E-state index in [9.17, 15) is 0 Å². The first-order chi connectivity index (χ1) is 34.7. The molecule has 0 saturated heterocycles. The maximum absolute atomic E-state index is 5.75. The van der Waals surface area contributed by atoms with Crippen molar-refractivity contribution in [2.45, 2.75) is 17.9 Å². The Hall–Kier alpha value is -8.59. The Morgan fingerprint density at radius 1 is 0.443 bits per heavy atom. The zero-order chi connectivity index (χ0) is 45.9. The van der Waals surface area contributed by atoms with E-state index in [-0.39, 0.29) is 17.9 Å². The van der Waals surface area contributed by atoms with E-state index >= 15 is 0 Å². The third-order valence-corrected chi connectivity index (χ3v) is 16.2. The summed E-state index contributed by atoms with van der Waals surface area (Å²) in [4.78, 5) is 8.37. The fourth-order valence-corrected chi connectivity index (χ4v) is 13.3. The van der Waals surface area contributed by atoms with E-state index in [4.69, 9.17) is 4.99 Å². The third-order valence-electron chi connectivity index (χ3n) is 16.2. The number of para-hydroxylation sites is 2. The van der Waals surface area contributed by atoms with Crippen molar-refractivity contribution in [3.8, 4) is 22.3 Å². The molecule has 70 heavy (non-hydrogen) atoms. The molecule has 0 amide bonds. The molecule has 2 heteroatoms. The normalized spacial score (nSPS) is 19.2. The Bertz CT molecular complexity index is 3920. The van der Waals surface area contributed by atoms with Gasteiger partial charge in [0.25, 0.3) is 0 Å². The number of aliphatic imine (C=N–C) groups is 1. The minimum atomic E-state index is -0.418. The van der Waals surface area contributed by atoms with Crippen LogP contribution in [-0.2, 0) is 5.41 Å². The molecule has 0 N–H and O–H groups in total. The lowest BCUT2D eigenvalue weighted by Crippen LogP contribution is -2.54. The summed E-state index contributed by atoms with van der Waals surface area (Å²) < 4.78 is 0. The zero-order valence-electron chi connectivity index (χ0n) is 38.5. The van der Waals surface area contributed by atoms with E-state index in [0.717, 1.165) is 23.4 Å². The Kier molecular flexibility index (Phi) is 8.56. The van der Waals surface area contributed by atoms with Crippen LogP contribution < -0.4 is 4.90 Å². The van der Waals surface area contributed by atoms with Gasteiger partial charge in [0, 0.05) is 40.0 Å². The summed E-state index contributed by atoms with van der Waals surface area (Å²) in [5.41, 5.74) is 19.7. The minimum Gasteiger partial charge on any atom is -0.334 e. The van der Waals surface area contributed by atoms with Gasteiger partial charge in [0.2, 0.25) is 0 Å². The third kappa shape index (κ3) is 5.59. The molecule has 2 nitrogen and oxygen atoms in total. The number of hydrogen-bond donors (Lipinski definition) is 0. The molecule has 2 heterocycles. The van der Waals surface area contributed by atoms with Crippen LogP contribution in [0.2, 0.25) is 0 Å². The molecule has 328 valence electrons. The second-order valence-corrected chi connectivity index (χ2v) is 19.6. The van der Waals surface area contributed by atoms with Gasteiger partial charge >= 0.3 is 0 Å². The summed E-state index contributed by atoms with van der Waals surface area (Å²) in [6.45, 7) is 0. The molecule has 0 fully saturated rings. The van der Waals surface area contributed by atoms with Gasteiger partial charge in [0.05, 0.1) is 17.2 Å². The SMILES string of the molecule is C1=C2C(=CC3C1N(c1ccccc1)c1ccccc1C31c3ccccc3-c3ccccc31)C1CC=C(c3cccc(-c4ccc5c6ccccc6c6ccccc6c5c4)c3)C=C1N=C2c1ccccc1. The highest BCUT2D eigenvalue weighted by Gasteiger charge is 2.58. The Morgan fingerprint density at radius 3 is 1.71 bits per heavy atom. The van der Waals surface area contributed by atoms with Gasteiger partial charge in [0.1, 0.15) is 0 Å². The molecular weight excluding hydrogens is 845 g/mol. The number of benzene rings is 10. The predicted molar refractivity (Wildman–Crippen MR) is 292 cm³/mol. The number of hydrogen-bond acceptors (Lipinski definition) is 2. The summed E-state index contributed by atoms with van der Waals surface area (Å²) in [6.07, 6.45) is 11.1. The van der Waals surface area contributed by atoms with Crippen LogP contribution in [0.15, 0.2) is 271 Å². The molecule has 15 rings (SSSR count). The van der Waals surface area contributed by atoms with Crippen molar-refractivity contribution in [3.63, 3.8) is 0 Å². The summed E-state index contributed by atoms with van der Waals surface area (Å²) in [5.74, 6) is 0.183. The first kappa shape index (κ1) is 39.4. The summed E-state index contributed by atoms with van der Waals surface area (Å²) >= 11 is 0. The van der Waals surface area contributed by atoms with Crippen molar-refractivity contribution >= 4 is 55.0 Å². The lowest BCUT2D eigenvalue weighted by atomic mass is 9.56. The lowest BCUT2D eigenvalue weighted by Gasteiger charge is -2.54. The first-order valence-corrected chi connectivity index (χ1v) is 24.8. The average molecular weight is 891 g/mol. The molecule has 2 aliphatic heterocycles. The molecule has 0 saturated carbocycles. The van der Waals surface area contributed by atoms with Crippen molar-refractivity contribution in [2.75, 3.05) is 4.90 Å². The molecule has 10 aromatic carbocycles. The molecule has 3 aliphatic carbocycles. The second-order valence-electron chi connectivity index (χ2n) is 19.6. The number of fused-ring (bicyclic) bond motifs is 18. The van der Waals surface area contributed by atoms with Gasteiger partial charge in [-0.3, -0.25) is 4.99 Å². The highest BCUT2D eigenvalue weighted by molar-refractivity contribution is 6.25. The standard InChI is InChI=1S/C68H46N2/c1-3-18-43(19-4-1)67-59-42-66-63(68(60-30-13-11-28-54(60)55-29-12-14-31-61(55)68)62-32-15-16-33-65(62)70(66)48-22-5-2-6-23-48)41-58(59)56-37-35-47(40-64(56)69-67)45-21-17-20-44(38-45)46-34-36-53-51-26-8-7-24-49(51)50-25-9-10-27-52(50)57(53)39-46/h1-36,38-42,56,63,66H,37H2. The van der Waals surface area contributed by atoms with Crippen molar-refractivity contribution < 1.29 is 0 Å². The average Bonchev–Trinajstić information content (AvgIpc) is 3.74. The van der Waals surface area contributed by atoms with Crippen molar-refractivity contribution in [3.05, 3.63) is 293 Å². The van der Waals surface area contributed by atoms with Gasteiger partial charge in [0.15, 0.2) is 0 Å². The van der Waals surface area contributed by atoms with Crippen LogP contribution in [0.25, 0.3) is 60.1 Å². The van der Waals surface area contributed by atoms with E-state index in [1.807, 2.05) is 0 Å². The van der Waals surface area contributed by atoms with Gasteiger partial charge in [-0.25, -0.2) is 0 Å². The maximum atomic E-state index is 5.75. The van der Waals surface area contributed by atoms with Crippen LogP contribution in [0.1, 0.15) is 34.2 Å². The summed E-state index contributed by atoms with van der Waals surface area (Å²) in [6, 6.07) is 83.4. The maximum Gasteiger partial charge on any atom is 0.0778 e. The minimum absolute atomic E-state index is 0.000968. The van der Waals surface area contributed by atoms with Gasteiger partial charge in [-0.15, -0.1) is 0 Å². The van der Waals surface area contributed by atoms with Crippen LogP contribution in [0, 0.1) is 11.8 Å². The van der Waals surface area contributed by atoms with Crippen LogP contribution in [0.3, 0.4) is 0 Å². The van der Waals surface area contributed by atoms with Gasteiger partial charge < -0.3 is 4.90 Å². The number of anilines is 2. The quantitative estimate of drug-likeness (QED) is 0.161. The highest BCUT2D eigenvalue weighted by Crippen LogP contribution is 2.64. The van der Waals surface area contributed by atoms with Crippen LogP contribution in [-0.4, -0.2) is 11.8 Å². The summed E-state index contributed by atoms with van der Waals surface area (Å²) in [7, 11) is 0. The van der Waals surface area contributed by atoms with E-state index in [1.54, 1.807) is 0 Å². The number of nitrogens with zero attached hydrogens (tertiary/aromatic N) is 2. The van der Waals surface area contributed by atoms with Crippen LogP contribution >= 0.6 is 0 Å². The number of rotatable bonds is 4. The topological polar surface area (TPSA) is 15.6 Å². The Labute approximate surface area is 408 Å². The van der Waals surface area contributed by atoms with Crippen molar-refractivity contribution in [1.29, 1.82) is 0 Å². The molecule has 0 aromatic heterocycles. The zero-order valence-corrected chi connectivity index (χ0v) is 38.5. The molecule has 1 spiro atoms. The van der Waals surface area contributed by atoms with Gasteiger partial charge in [-0.05, 0) is 131 Å². The monoisotopic (exact) mass is 890 g/mol. The molecule has 0 bridgehead atoms. The van der Waals surface area contributed by atoms with E-state index in [1.165, 1.54) is 105 Å². The number of allylic oxidation sites excluding steroid dienone is 5. The van der Waals surface area contributed by atoms with Crippen molar-refractivity contribution in [1.82, 2.24) is 0 Å². The van der Waals surface area contributed by atoms with Crippen molar-refractivity contribution in [2.24, 2.45) is 16.8 Å². The fraction of sp³-hybridized carbons (Fsp3) is 0.0735. The van der Waals surface area contributed by atoms with E-state index in [0.29, 0.717) is 0 Å². The second kappa shape index (κ2) is 15.2. The van der Waals surface area contributed by atoms with Crippen LogP contribution in [0.5, 0.6) is 0 Å². The predicted octanol–water partition coefficient (Wildman–Crippen LogP) is 16.6. The van der Waals surface area contributed by atoms with Gasteiger partial charge in [-0.1, -0.05) is 212 Å². The Balaban J connectivity index is 0.900. The molecule has 0 radical (unpaired) electrons. The smallest absolute Gasteiger partial charge is 0.0778 e. The molecule has 10 aromatic rings. The van der Waals surface area contributed by atoms with Gasteiger partial charge in [-0.2, -0.15) is 0 Å². The van der Waals surface area contributed by atoms with E-state index < -0.39 is 5.41 Å². The molecule has 3 unspecified atom stereocenters. The van der Waals surface area contributed by atoms with Crippen LogP contribution in [0.4, 0.5) is 11.4 Å². The molecule has 5 aliphatic rings. The first-order valence-electron chi connectivity index (χ1n) is 24.8. The Morgan fingerprint density at radius 2 is 1.00 bits per heavy atom. The largest absolute Gasteiger partial charge is 0.334 e.